The molecule has 3 rings (SSSR count). The molecule has 0 radical (unpaired) electrons. The predicted molar refractivity (Wildman–Crippen MR) is 115 cm³/mol. The van der Waals surface area contributed by atoms with Gasteiger partial charge in [-0.3, -0.25) is 4.79 Å². The van der Waals surface area contributed by atoms with Crippen LogP contribution in [-0.4, -0.2) is 38.4 Å². The molecule has 0 N–H and O–H groups in total. The first-order valence-electron chi connectivity index (χ1n) is 9.04. The van der Waals surface area contributed by atoms with Crippen molar-refractivity contribution in [3.05, 3.63) is 58.4 Å². The SMILES string of the molecule is COCCn1c(=NC(=O)CCCS(=O)(=O)c2ccc(Cl)cc2)sc2ccccc21. The summed E-state index contributed by atoms with van der Waals surface area (Å²) in [5, 5.41) is 0.475. The Labute approximate surface area is 178 Å². The van der Waals surface area contributed by atoms with E-state index < -0.39 is 9.84 Å². The lowest BCUT2D eigenvalue weighted by Gasteiger charge is -2.04. The molecule has 0 aliphatic rings. The molecular formula is C20H21ClN2O4S2. The van der Waals surface area contributed by atoms with Crippen molar-refractivity contribution >= 4 is 48.9 Å². The van der Waals surface area contributed by atoms with Gasteiger partial charge >= 0.3 is 0 Å². The van der Waals surface area contributed by atoms with E-state index in [1.165, 1.54) is 35.6 Å². The predicted octanol–water partition coefficient (Wildman–Crippen LogP) is 3.68. The third-order valence-electron chi connectivity index (χ3n) is 4.30. The van der Waals surface area contributed by atoms with Crippen molar-refractivity contribution in [2.45, 2.75) is 24.3 Å². The number of para-hydroxylation sites is 1. The standard InChI is InChI=1S/C20H21ClN2O4S2/c1-27-13-12-23-17-5-2-3-6-18(17)28-20(23)22-19(24)7-4-14-29(25,26)16-10-8-15(21)9-11-16/h2-3,5-6,8-11H,4,7,12-14H2,1H3. The van der Waals surface area contributed by atoms with E-state index in [4.69, 9.17) is 16.3 Å². The summed E-state index contributed by atoms with van der Waals surface area (Å²) in [4.78, 5) is 17.4. The number of rotatable bonds is 8. The number of hydrogen-bond donors (Lipinski definition) is 0. The molecule has 0 fully saturated rings. The summed E-state index contributed by atoms with van der Waals surface area (Å²) in [5.41, 5.74) is 0.992. The number of sulfone groups is 1. The van der Waals surface area contributed by atoms with E-state index in [1.807, 2.05) is 28.8 Å². The fourth-order valence-electron chi connectivity index (χ4n) is 2.84. The number of hydrogen-bond acceptors (Lipinski definition) is 5. The molecule has 1 aromatic heterocycles. The summed E-state index contributed by atoms with van der Waals surface area (Å²) >= 11 is 7.23. The molecule has 154 valence electrons. The van der Waals surface area contributed by atoms with Crippen molar-refractivity contribution in [3.63, 3.8) is 0 Å². The van der Waals surface area contributed by atoms with E-state index in [0.29, 0.717) is 23.0 Å². The average molecular weight is 453 g/mol. The van der Waals surface area contributed by atoms with Gasteiger partial charge in [0.1, 0.15) is 0 Å². The van der Waals surface area contributed by atoms with Crippen LogP contribution in [0.2, 0.25) is 5.02 Å². The first-order valence-corrected chi connectivity index (χ1v) is 11.9. The Morgan fingerprint density at radius 1 is 1.17 bits per heavy atom. The second-order valence-electron chi connectivity index (χ2n) is 6.38. The van der Waals surface area contributed by atoms with Gasteiger partial charge in [0, 0.05) is 25.1 Å². The number of methoxy groups -OCH3 is 1. The molecule has 1 amide bonds. The third kappa shape index (κ3) is 5.54. The summed E-state index contributed by atoms with van der Waals surface area (Å²) < 4.78 is 32.9. The monoisotopic (exact) mass is 452 g/mol. The van der Waals surface area contributed by atoms with Gasteiger partial charge in [-0.25, -0.2) is 8.42 Å². The van der Waals surface area contributed by atoms with Crippen LogP contribution in [0.4, 0.5) is 0 Å². The van der Waals surface area contributed by atoms with Gasteiger partial charge in [-0.15, -0.1) is 0 Å². The molecule has 3 aromatic rings. The molecule has 6 nitrogen and oxygen atoms in total. The molecule has 0 aliphatic carbocycles. The number of aromatic nitrogens is 1. The maximum atomic E-state index is 12.4. The number of ether oxygens (including phenoxy) is 1. The zero-order valence-corrected chi connectivity index (χ0v) is 18.3. The van der Waals surface area contributed by atoms with Crippen LogP contribution >= 0.6 is 22.9 Å². The van der Waals surface area contributed by atoms with E-state index in [1.54, 1.807) is 7.11 Å². The second kappa shape index (κ2) is 9.67. The number of benzene rings is 2. The van der Waals surface area contributed by atoms with Crippen LogP contribution in [0, 0.1) is 0 Å². The second-order valence-corrected chi connectivity index (χ2v) is 9.93. The van der Waals surface area contributed by atoms with Crippen LogP contribution < -0.4 is 4.80 Å². The van der Waals surface area contributed by atoms with Crippen LogP contribution in [0.1, 0.15) is 12.8 Å². The minimum Gasteiger partial charge on any atom is -0.383 e. The highest BCUT2D eigenvalue weighted by Gasteiger charge is 2.15. The van der Waals surface area contributed by atoms with Gasteiger partial charge in [0.2, 0.25) is 5.91 Å². The highest BCUT2D eigenvalue weighted by Crippen LogP contribution is 2.18. The molecule has 0 atom stereocenters. The lowest BCUT2D eigenvalue weighted by atomic mass is 10.3. The van der Waals surface area contributed by atoms with Crippen molar-refractivity contribution in [1.29, 1.82) is 0 Å². The highest BCUT2D eigenvalue weighted by molar-refractivity contribution is 7.91. The minimum atomic E-state index is -3.46. The Bertz CT molecular complexity index is 1170. The Balaban J connectivity index is 1.71. The minimum absolute atomic E-state index is 0.0609. The quantitative estimate of drug-likeness (QED) is 0.522. The maximum absolute atomic E-state index is 12.4. The van der Waals surface area contributed by atoms with Crippen molar-refractivity contribution in [3.8, 4) is 0 Å². The number of fused-ring (bicyclic) bond motifs is 1. The van der Waals surface area contributed by atoms with Crippen molar-refractivity contribution < 1.29 is 17.9 Å². The van der Waals surface area contributed by atoms with E-state index in [-0.39, 0.29) is 29.4 Å². The molecule has 0 aliphatic heterocycles. The lowest BCUT2D eigenvalue weighted by molar-refractivity contribution is -0.118. The number of amides is 1. The van der Waals surface area contributed by atoms with Crippen molar-refractivity contribution in [2.75, 3.05) is 19.5 Å². The Kier molecular flexibility index (Phi) is 7.23. The van der Waals surface area contributed by atoms with Gasteiger partial charge in [0.15, 0.2) is 14.6 Å². The largest absolute Gasteiger partial charge is 0.383 e. The fraction of sp³-hybridized carbons (Fsp3) is 0.300. The summed E-state index contributed by atoms with van der Waals surface area (Å²) in [5.74, 6) is -0.458. The maximum Gasteiger partial charge on any atom is 0.248 e. The van der Waals surface area contributed by atoms with Crippen LogP contribution in [0.15, 0.2) is 58.4 Å². The van der Waals surface area contributed by atoms with E-state index >= 15 is 0 Å². The normalized spacial score (nSPS) is 12.6. The molecular weight excluding hydrogens is 432 g/mol. The van der Waals surface area contributed by atoms with Gasteiger partial charge < -0.3 is 9.30 Å². The fourth-order valence-corrected chi connectivity index (χ4v) is 5.35. The van der Waals surface area contributed by atoms with Crippen LogP contribution in [0.5, 0.6) is 0 Å². The van der Waals surface area contributed by atoms with Gasteiger partial charge in [-0.05, 0) is 42.8 Å². The van der Waals surface area contributed by atoms with Crippen molar-refractivity contribution in [2.24, 2.45) is 4.99 Å². The van der Waals surface area contributed by atoms with Crippen LogP contribution in [0.3, 0.4) is 0 Å². The molecule has 1 heterocycles. The number of carbonyl (C=O) groups excluding carboxylic acids is 1. The molecule has 2 aromatic carbocycles. The van der Waals surface area contributed by atoms with Crippen molar-refractivity contribution in [1.82, 2.24) is 4.57 Å². The molecule has 29 heavy (non-hydrogen) atoms. The highest BCUT2D eigenvalue weighted by atomic mass is 35.5. The van der Waals surface area contributed by atoms with E-state index in [2.05, 4.69) is 4.99 Å². The number of nitrogens with zero attached hydrogens (tertiary/aromatic N) is 2. The molecule has 0 spiro atoms. The Morgan fingerprint density at radius 3 is 2.62 bits per heavy atom. The first-order chi connectivity index (χ1) is 13.9. The topological polar surface area (TPSA) is 77.7 Å². The number of halogens is 1. The first kappa shape index (κ1) is 21.7. The molecule has 0 unspecified atom stereocenters. The Hall–Kier alpha value is -2.00. The van der Waals surface area contributed by atoms with Gasteiger partial charge in [-0.1, -0.05) is 35.1 Å². The third-order valence-corrected chi connectivity index (χ3v) is 7.43. The Morgan fingerprint density at radius 2 is 1.90 bits per heavy atom. The smallest absolute Gasteiger partial charge is 0.248 e. The van der Waals surface area contributed by atoms with Gasteiger partial charge in [-0.2, -0.15) is 4.99 Å². The molecule has 0 saturated carbocycles. The molecule has 0 bridgehead atoms. The number of thiazole rings is 1. The summed E-state index contributed by atoms with van der Waals surface area (Å²) in [7, 11) is -1.83. The van der Waals surface area contributed by atoms with Crippen LogP contribution in [-0.2, 0) is 25.9 Å². The molecule has 0 saturated heterocycles. The van der Waals surface area contributed by atoms with E-state index in [9.17, 15) is 13.2 Å². The summed E-state index contributed by atoms with van der Waals surface area (Å²) in [6, 6.07) is 13.8. The average Bonchev–Trinajstić information content (AvgIpc) is 3.03. The number of carbonyl (C=O) groups is 1. The zero-order valence-electron chi connectivity index (χ0n) is 15.9. The zero-order chi connectivity index (χ0) is 20.9. The summed E-state index contributed by atoms with van der Waals surface area (Å²) in [6.45, 7) is 1.08. The lowest BCUT2D eigenvalue weighted by Crippen LogP contribution is -2.19. The van der Waals surface area contributed by atoms with Gasteiger partial charge in [0.05, 0.1) is 27.5 Å². The summed E-state index contributed by atoms with van der Waals surface area (Å²) in [6.07, 6.45) is 0.265. The van der Waals surface area contributed by atoms with Crippen LogP contribution in [0.25, 0.3) is 10.2 Å². The molecule has 9 heteroatoms. The van der Waals surface area contributed by atoms with Gasteiger partial charge in [0.25, 0.3) is 0 Å². The van der Waals surface area contributed by atoms with E-state index in [0.717, 1.165) is 10.2 Å².